The van der Waals surface area contributed by atoms with Crippen LogP contribution in [0.2, 0.25) is 0 Å². The highest BCUT2D eigenvalue weighted by molar-refractivity contribution is 9.10. The van der Waals surface area contributed by atoms with E-state index in [9.17, 15) is 18.0 Å². The zero-order chi connectivity index (χ0) is 15.1. The number of rotatable bonds is 1. The molecule has 2 N–H and O–H groups in total. The molecule has 3 nitrogen and oxygen atoms in total. The van der Waals surface area contributed by atoms with Crippen LogP contribution in [0.15, 0.2) is 22.7 Å². The summed E-state index contributed by atoms with van der Waals surface area (Å²) in [6.07, 6.45) is -4.57. The second kappa shape index (κ2) is 5.37. The van der Waals surface area contributed by atoms with Crippen molar-refractivity contribution in [3.8, 4) is 0 Å². The lowest BCUT2D eigenvalue weighted by molar-refractivity contribution is -0.138. The van der Waals surface area contributed by atoms with E-state index >= 15 is 0 Å². The van der Waals surface area contributed by atoms with E-state index in [1.165, 1.54) is 17.0 Å². The minimum absolute atomic E-state index is 0.0868. The Bertz CT molecular complexity index is 523. The largest absolute Gasteiger partial charge is 0.417 e. The number of nitrogens with two attached hydrogens (primary N) is 1. The first-order valence-corrected chi connectivity index (χ1v) is 6.91. The van der Waals surface area contributed by atoms with E-state index in [0.29, 0.717) is 6.54 Å². The van der Waals surface area contributed by atoms with Crippen molar-refractivity contribution in [3.05, 3.63) is 33.8 Å². The molecule has 2 atom stereocenters. The van der Waals surface area contributed by atoms with E-state index in [1.54, 1.807) is 0 Å². The molecule has 1 fully saturated rings. The van der Waals surface area contributed by atoms with Crippen molar-refractivity contribution in [2.45, 2.75) is 19.1 Å². The van der Waals surface area contributed by atoms with Crippen molar-refractivity contribution in [2.75, 3.05) is 13.1 Å². The summed E-state index contributed by atoms with van der Waals surface area (Å²) in [5.41, 5.74) is 4.55. The van der Waals surface area contributed by atoms with Gasteiger partial charge in [0.1, 0.15) is 0 Å². The lowest BCUT2D eigenvalue weighted by atomic mass is 10.1. The molecular formula is C13H14BrF3N2O. The van der Waals surface area contributed by atoms with E-state index in [4.69, 9.17) is 5.73 Å². The number of alkyl halides is 3. The van der Waals surface area contributed by atoms with Gasteiger partial charge in [0.15, 0.2) is 0 Å². The maximum absolute atomic E-state index is 13.0. The Hall–Kier alpha value is -1.08. The number of likely N-dealkylation sites (tertiary alicyclic amines) is 1. The van der Waals surface area contributed by atoms with Gasteiger partial charge in [0.2, 0.25) is 0 Å². The van der Waals surface area contributed by atoms with Crippen molar-refractivity contribution in [1.29, 1.82) is 0 Å². The highest BCUT2D eigenvalue weighted by Crippen LogP contribution is 2.34. The van der Waals surface area contributed by atoms with Crippen LogP contribution >= 0.6 is 15.9 Å². The molecule has 0 saturated carbocycles. The van der Waals surface area contributed by atoms with Crippen LogP contribution in [0.4, 0.5) is 13.2 Å². The molecule has 1 aliphatic rings. The predicted octanol–water partition coefficient (Wildman–Crippen LogP) is 2.89. The lowest BCUT2D eigenvalue weighted by Crippen LogP contribution is -2.33. The average molecular weight is 351 g/mol. The predicted molar refractivity (Wildman–Crippen MR) is 72.2 cm³/mol. The van der Waals surface area contributed by atoms with Gasteiger partial charge >= 0.3 is 6.18 Å². The number of nitrogens with zero attached hydrogens (tertiary/aromatic N) is 1. The Balaban J connectivity index is 2.36. The molecule has 7 heteroatoms. The number of amides is 1. The molecule has 1 aromatic rings. The van der Waals surface area contributed by atoms with Crippen LogP contribution in [-0.4, -0.2) is 29.9 Å². The van der Waals surface area contributed by atoms with Gasteiger partial charge in [0.25, 0.3) is 5.91 Å². The molecule has 0 radical (unpaired) electrons. The molecule has 0 aromatic heterocycles. The van der Waals surface area contributed by atoms with E-state index in [0.717, 1.165) is 6.07 Å². The topological polar surface area (TPSA) is 46.3 Å². The maximum Gasteiger partial charge on any atom is 0.417 e. The van der Waals surface area contributed by atoms with Crippen LogP contribution in [0.5, 0.6) is 0 Å². The zero-order valence-corrected chi connectivity index (χ0v) is 12.3. The number of hydrogen-bond donors (Lipinski definition) is 1. The van der Waals surface area contributed by atoms with Gasteiger partial charge in [-0.25, -0.2) is 0 Å². The van der Waals surface area contributed by atoms with Gasteiger partial charge in [0, 0.05) is 23.6 Å². The van der Waals surface area contributed by atoms with Crippen molar-refractivity contribution in [2.24, 2.45) is 11.7 Å². The summed E-state index contributed by atoms with van der Waals surface area (Å²) in [4.78, 5) is 13.7. The number of benzene rings is 1. The number of halogens is 4. The molecule has 1 aliphatic heterocycles. The van der Waals surface area contributed by atoms with Crippen molar-refractivity contribution >= 4 is 21.8 Å². The summed E-state index contributed by atoms with van der Waals surface area (Å²) in [6, 6.07) is 3.36. The SMILES string of the molecule is CC1CN(C(=O)c2ccc(Br)cc2C(F)(F)F)CC1N. The third-order valence-corrected chi connectivity index (χ3v) is 3.97. The number of carbonyl (C=O) groups excluding carboxylic acids is 1. The lowest BCUT2D eigenvalue weighted by Gasteiger charge is -2.19. The fourth-order valence-electron chi connectivity index (χ4n) is 2.27. The van der Waals surface area contributed by atoms with Crippen molar-refractivity contribution in [1.82, 2.24) is 4.90 Å². The Labute approximate surface area is 123 Å². The summed E-state index contributed by atoms with van der Waals surface area (Å²) >= 11 is 3.00. The number of hydrogen-bond acceptors (Lipinski definition) is 2. The third-order valence-electron chi connectivity index (χ3n) is 3.48. The Kier molecular flexibility index (Phi) is 4.11. The molecular weight excluding hydrogens is 337 g/mol. The molecule has 1 amide bonds. The quantitative estimate of drug-likeness (QED) is 0.846. The molecule has 1 saturated heterocycles. The first-order chi connectivity index (χ1) is 9.20. The van der Waals surface area contributed by atoms with E-state index in [2.05, 4.69) is 15.9 Å². The van der Waals surface area contributed by atoms with Crippen LogP contribution < -0.4 is 5.73 Å². The Morgan fingerprint density at radius 2 is 2.05 bits per heavy atom. The first kappa shape index (κ1) is 15.3. The van der Waals surface area contributed by atoms with Crippen molar-refractivity contribution in [3.63, 3.8) is 0 Å². The summed E-state index contributed by atoms with van der Waals surface area (Å²) in [6.45, 7) is 2.55. The molecule has 0 spiro atoms. The van der Waals surface area contributed by atoms with Gasteiger partial charge < -0.3 is 10.6 Å². The van der Waals surface area contributed by atoms with Gasteiger partial charge in [-0.3, -0.25) is 4.79 Å². The van der Waals surface area contributed by atoms with Crippen LogP contribution in [0.1, 0.15) is 22.8 Å². The van der Waals surface area contributed by atoms with Crippen LogP contribution in [-0.2, 0) is 6.18 Å². The molecule has 20 heavy (non-hydrogen) atoms. The standard InChI is InChI=1S/C13H14BrF3N2O/c1-7-5-19(6-11(7)18)12(20)9-3-2-8(14)4-10(9)13(15,16)17/h2-4,7,11H,5-6,18H2,1H3. The Morgan fingerprint density at radius 3 is 2.55 bits per heavy atom. The van der Waals surface area contributed by atoms with Crippen molar-refractivity contribution < 1.29 is 18.0 Å². The van der Waals surface area contributed by atoms with E-state index < -0.39 is 17.6 Å². The maximum atomic E-state index is 13.0. The minimum atomic E-state index is -4.57. The summed E-state index contributed by atoms with van der Waals surface area (Å²) in [7, 11) is 0. The van der Waals surface area contributed by atoms with Crippen LogP contribution in [0.3, 0.4) is 0 Å². The Morgan fingerprint density at radius 1 is 1.40 bits per heavy atom. The smallest absolute Gasteiger partial charge is 0.337 e. The monoisotopic (exact) mass is 350 g/mol. The van der Waals surface area contributed by atoms with E-state index in [1.807, 2.05) is 6.92 Å². The second-order valence-electron chi connectivity index (χ2n) is 5.04. The second-order valence-corrected chi connectivity index (χ2v) is 5.95. The summed E-state index contributed by atoms with van der Waals surface area (Å²) in [5.74, 6) is -0.534. The van der Waals surface area contributed by atoms with Crippen LogP contribution in [0, 0.1) is 5.92 Å². The van der Waals surface area contributed by atoms with Gasteiger partial charge in [-0.2, -0.15) is 13.2 Å². The summed E-state index contributed by atoms with van der Waals surface area (Å²) in [5, 5.41) is 0. The van der Waals surface area contributed by atoms with E-state index in [-0.39, 0.29) is 28.5 Å². The summed E-state index contributed by atoms with van der Waals surface area (Å²) < 4.78 is 39.3. The molecule has 0 bridgehead atoms. The molecule has 2 rings (SSSR count). The normalized spacial score (nSPS) is 23.2. The third kappa shape index (κ3) is 2.98. The van der Waals surface area contributed by atoms with Gasteiger partial charge in [-0.05, 0) is 24.1 Å². The molecule has 0 aliphatic carbocycles. The van der Waals surface area contributed by atoms with Gasteiger partial charge in [-0.1, -0.05) is 22.9 Å². The fourth-order valence-corrected chi connectivity index (χ4v) is 2.63. The average Bonchev–Trinajstić information content (AvgIpc) is 2.67. The first-order valence-electron chi connectivity index (χ1n) is 6.11. The molecule has 2 unspecified atom stereocenters. The number of carbonyl (C=O) groups is 1. The highest BCUT2D eigenvalue weighted by atomic mass is 79.9. The molecule has 1 heterocycles. The van der Waals surface area contributed by atoms with Gasteiger partial charge in [-0.15, -0.1) is 0 Å². The molecule has 110 valence electrons. The zero-order valence-electron chi connectivity index (χ0n) is 10.7. The minimum Gasteiger partial charge on any atom is -0.337 e. The van der Waals surface area contributed by atoms with Gasteiger partial charge in [0.05, 0.1) is 11.1 Å². The molecule has 1 aromatic carbocycles. The highest BCUT2D eigenvalue weighted by Gasteiger charge is 2.38. The fraction of sp³-hybridized carbons (Fsp3) is 0.462. The van der Waals surface area contributed by atoms with Crippen LogP contribution in [0.25, 0.3) is 0 Å².